The SMILES string of the molecule is N#Cc1c(F)cccc1Oc1cc(N)cc([N+](=O)[O-])c1. The summed E-state index contributed by atoms with van der Waals surface area (Å²) in [5, 5.41) is 19.6. The minimum absolute atomic E-state index is 0.0348. The van der Waals surface area contributed by atoms with Crippen LogP contribution in [0, 0.1) is 27.3 Å². The second-order valence-electron chi connectivity index (χ2n) is 3.84. The van der Waals surface area contributed by atoms with Crippen molar-refractivity contribution in [3.63, 3.8) is 0 Å². The van der Waals surface area contributed by atoms with E-state index in [4.69, 9.17) is 15.7 Å². The Hall–Kier alpha value is -3.14. The highest BCUT2D eigenvalue weighted by molar-refractivity contribution is 5.55. The number of hydrogen-bond acceptors (Lipinski definition) is 5. The van der Waals surface area contributed by atoms with E-state index in [0.29, 0.717) is 0 Å². The summed E-state index contributed by atoms with van der Waals surface area (Å²) in [6, 6.07) is 9.20. The Morgan fingerprint density at radius 1 is 1.35 bits per heavy atom. The van der Waals surface area contributed by atoms with Gasteiger partial charge in [0.1, 0.15) is 28.9 Å². The predicted octanol–water partition coefficient (Wildman–Crippen LogP) is 2.98. The van der Waals surface area contributed by atoms with E-state index in [0.717, 1.165) is 12.1 Å². The lowest BCUT2D eigenvalue weighted by Gasteiger charge is -2.08. The number of hydrogen-bond donors (Lipinski definition) is 1. The van der Waals surface area contributed by atoms with Gasteiger partial charge in [0, 0.05) is 17.8 Å². The molecule has 0 bridgehead atoms. The third kappa shape index (κ3) is 2.64. The number of nitrogen functional groups attached to an aromatic ring is 1. The molecule has 0 aliphatic heterocycles. The number of nitro benzene ring substituents is 1. The molecule has 2 aromatic rings. The maximum Gasteiger partial charge on any atom is 0.275 e. The molecule has 0 spiro atoms. The van der Waals surface area contributed by atoms with Gasteiger partial charge in [-0.2, -0.15) is 5.26 Å². The molecule has 0 fully saturated rings. The van der Waals surface area contributed by atoms with Crippen molar-refractivity contribution in [1.82, 2.24) is 0 Å². The molecule has 0 radical (unpaired) electrons. The number of nitro groups is 1. The van der Waals surface area contributed by atoms with Gasteiger partial charge in [-0.25, -0.2) is 4.39 Å². The summed E-state index contributed by atoms with van der Waals surface area (Å²) in [4.78, 5) is 10.1. The Morgan fingerprint density at radius 3 is 2.75 bits per heavy atom. The minimum Gasteiger partial charge on any atom is -0.456 e. The second kappa shape index (κ2) is 5.24. The van der Waals surface area contributed by atoms with E-state index in [1.807, 2.05) is 0 Å². The van der Waals surface area contributed by atoms with Crippen LogP contribution >= 0.6 is 0 Å². The van der Waals surface area contributed by atoms with Crippen molar-refractivity contribution in [1.29, 1.82) is 5.26 Å². The lowest BCUT2D eigenvalue weighted by atomic mass is 10.2. The highest BCUT2D eigenvalue weighted by Crippen LogP contribution is 2.30. The first-order chi connectivity index (χ1) is 9.51. The molecule has 0 heterocycles. The molecule has 0 unspecified atom stereocenters. The predicted molar refractivity (Wildman–Crippen MR) is 68.7 cm³/mol. The van der Waals surface area contributed by atoms with E-state index in [9.17, 15) is 14.5 Å². The molecule has 0 aliphatic carbocycles. The number of ether oxygens (including phenoxy) is 1. The summed E-state index contributed by atoms with van der Waals surface area (Å²) >= 11 is 0. The highest BCUT2D eigenvalue weighted by atomic mass is 19.1. The van der Waals surface area contributed by atoms with Crippen LogP contribution < -0.4 is 10.5 Å². The van der Waals surface area contributed by atoms with E-state index in [1.165, 1.54) is 24.3 Å². The number of rotatable bonds is 3. The molecule has 0 aromatic heterocycles. The first-order valence-electron chi connectivity index (χ1n) is 5.42. The van der Waals surface area contributed by atoms with Gasteiger partial charge < -0.3 is 10.5 Å². The molecule has 100 valence electrons. The molecule has 2 rings (SSSR count). The number of benzene rings is 2. The third-order valence-corrected chi connectivity index (χ3v) is 2.44. The zero-order valence-corrected chi connectivity index (χ0v) is 10.0. The maximum absolute atomic E-state index is 13.4. The molecule has 20 heavy (non-hydrogen) atoms. The summed E-state index contributed by atoms with van der Waals surface area (Å²) in [5.41, 5.74) is 5.12. The summed E-state index contributed by atoms with van der Waals surface area (Å²) < 4.78 is 18.7. The first kappa shape index (κ1) is 13.3. The fourth-order valence-electron chi connectivity index (χ4n) is 1.59. The molecule has 0 atom stereocenters. The lowest BCUT2D eigenvalue weighted by Crippen LogP contribution is -1.95. The van der Waals surface area contributed by atoms with Crippen LogP contribution in [0.15, 0.2) is 36.4 Å². The Morgan fingerprint density at radius 2 is 2.10 bits per heavy atom. The second-order valence-corrected chi connectivity index (χ2v) is 3.84. The van der Waals surface area contributed by atoms with Crippen LogP contribution in [0.3, 0.4) is 0 Å². The molecule has 0 amide bonds. The van der Waals surface area contributed by atoms with Crippen LogP contribution in [0.4, 0.5) is 15.8 Å². The van der Waals surface area contributed by atoms with Crippen LogP contribution in [0.1, 0.15) is 5.56 Å². The van der Waals surface area contributed by atoms with Crippen LogP contribution in [-0.4, -0.2) is 4.92 Å². The van der Waals surface area contributed by atoms with Gasteiger partial charge in [0.2, 0.25) is 0 Å². The molecule has 7 heteroatoms. The molecule has 0 saturated heterocycles. The van der Waals surface area contributed by atoms with Crippen LogP contribution in [0.25, 0.3) is 0 Å². The van der Waals surface area contributed by atoms with Gasteiger partial charge >= 0.3 is 0 Å². The Labute approximate surface area is 113 Å². The van der Waals surface area contributed by atoms with Crippen molar-refractivity contribution in [2.24, 2.45) is 0 Å². The van der Waals surface area contributed by atoms with Crippen molar-refractivity contribution in [2.75, 3.05) is 5.73 Å². The van der Waals surface area contributed by atoms with Gasteiger partial charge in [0.15, 0.2) is 0 Å². The number of nitrogens with two attached hydrogens (primary N) is 1. The quantitative estimate of drug-likeness (QED) is 0.526. The van der Waals surface area contributed by atoms with Gasteiger partial charge in [-0.15, -0.1) is 0 Å². The largest absolute Gasteiger partial charge is 0.456 e. The monoisotopic (exact) mass is 273 g/mol. The number of halogens is 1. The highest BCUT2D eigenvalue weighted by Gasteiger charge is 2.13. The van der Waals surface area contributed by atoms with E-state index in [2.05, 4.69) is 0 Å². The van der Waals surface area contributed by atoms with Gasteiger partial charge in [-0.3, -0.25) is 10.1 Å². The molecule has 0 saturated carbocycles. The van der Waals surface area contributed by atoms with Gasteiger partial charge in [-0.05, 0) is 12.1 Å². The van der Waals surface area contributed by atoms with Crippen molar-refractivity contribution in [2.45, 2.75) is 0 Å². The van der Waals surface area contributed by atoms with Gasteiger partial charge in [-0.1, -0.05) is 6.07 Å². The van der Waals surface area contributed by atoms with Crippen LogP contribution in [0.5, 0.6) is 11.5 Å². The van der Waals surface area contributed by atoms with E-state index >= 15 is 0 Å². The fourth-order valence-corrected chi connectivity index (χ4v) is 1.59. The van der Waals surface area contributed by atoms with Crippen molar-refractivity contribution < 1.29 is 14.1 Å². The van der Waals surface area contributed by atoms with E-state index in [1.54, 1.807) is 6.07 Å². The first-order valence-corrected chi connectivity index (χ1v) is 5.42. The fraction of sp³-hybridized carbons (Fsp3) is 0. The minimum atomic E-state index is -0.733. The number of nitriles is 1. The molecular formula is C13H8FN3O3. The third-order valence-electron chi connectivity index (χ3n) is 2.44. The van der Waals surface area contributed by atoms with Crippen LogP contribution in [0.2, 0.25) is 0 Å². The standard InChI is InChI=1S/C13H8FN3O3/c14-12-2-1-3-13(11(12)7-15)20-10-5-8(16)4-9(6-10)17(18)19/h1-6H,16H2. The molecule has 6 nitrogen and oxygen atoms in total. The van der Waals surface area contributed by atoms with Crippen molar-refractivity contribution in [3.8, 4) is 17.6 Å². The molecule has 2 aromatic carbocycles. The average Bonchev–Trinajstić information content (AvgIpc) is 2.38. The summed E-state index contributed by atoms with van der Waals surface area (Å²) in [6.45, 7) is 0. The Bertz CT molecular complexity index is 725. The summed E-state index contributed by atoms with van der Waals surface area (Å²) in [5.74, 6) is -0.713. The van der Waals surface area contributed by atoms with Crippen molar-refractivity contribution >= 4 is 11.4 Å². The summed E-state index contributed by atoms with van der Waals surface area (Å²) in [6.07, 6.45) is 0. The van der Waals surface area contributed by atoms with Crippen molar-refractivity contribution in [3.05, 3.63) is 57.9 Å². The van der Waals surface area contributed by atoms with E-state index in [-0.39, 0.29) is 28.4 Å². The zero-order chi connectivity index (χ0) is 14.7. The Kier molecular flexibility index (Phi) is 3.48. The zero-order valence-electron chi connectivity index (χ0n) is 10.0. The topological polar surface area (TPSA) is 102 Å². The Balaban J connectivity index is 2.43. The number of nitrogens with zero attached hydrogens (tertiary/aromatic N) is 2. The lowest BCUT2D eigenvalue weighted by molar-refractivity contribution is -0.384. The molecular weight excluding hydrogens is 265 g/mol. The van der Waals surface area contributed by atoms with Gasteiger partial charge in [0.05, 0.1) is 11.0 Å². The van der Waals surface area contributed by atoms with Gasteiger partial charge in [0.25, 0.3) is 5.69 Å². The normalized spacial score (nSPS) is 9.80. The van der Waals surface area contributed by atoms with E-state index < -0.39 is 10.7 Å². The maximum atomic E-state index is 13.4. The molecule has 0 aliphatic rings. The number of anilines is 1. The number of non-ortho nitro benzene ring substituents is 1. The smallest absolute Gasteiger partial charge is 0.275 e. The van der Waals surface area contributed by atoms with Crippen LogP contribution in [-0.2, 0) is 0 Å². The average molecular weight is 273 g/mol. The molecule has 2 N–H and O–H groups in total. The summed E-state index contributed by atoms with van der Waals surface area (Å²) in [7, 11) is 0.